The number of carbonyl (C=O) groups is 1. The second kappa shape index (κ2) is 7.25. The number of para-hydroxylation sites is 1. The minimum absolute atomic E-state index is 0.120. The molecule has 2 aromatic rings. The van der Waals surface area contributed by atoms with Gasteiger partial charge >= 0.3 is 6.03 Å². The number of anilines is 3. The summed E-state index contributed by atoms with van der Waals surface area (Å²) >= 11 is 0. The third kappa shape index (κ3) is 3.98. The zero-order chi connectivity index (χ0) is 16.9. The summed E-state index contributed by atoms with van der Waals surface area (Å²) in [5.74, 6) is 1.41. The minimum Gasteiger partial charge on any atom is -0.356 e. The van der Waals surface area contributed by atoms with Crippen molar-refractivity contribution in [2.45, 2.75) is 19.8 Å². The summed E-state index contributed by atoms with van der Waals surface area (Å²) in [5, 5.41) is 5.08. The van der Waals surface area contributed by atoms with Crippen LogP contribution in [0.3, 0.4) is 0 Å². The molecule has 1 fully saturated rings. The highest BCUT2D eigenvalue weighted by atomic mass is 19.1. The zero-order valence-corrected chi connectivity index (χ0v) is 13.5. The molecule has 0 saturated carbocycles. The molecule has 7 heteroatoms. The Morgan fingerprint density at radius 2 is 1.96 bits per heavy atom. The highest BCUT2D eigenvalue weighted by molar-refractivity contribution is 5.99. The first-order chi connectivity index (χ1) is 11.6. The number of hydrogen-bond acceptors (Lipinski definition) is 4. The number of nitrogens with one attached hydrogen (secondary N) is 2. The standard InChI is InChI=1S/C17H20FN5O/c1-12-6-8-23(9-7-12)16-10-15(19-11-20-16)22-17(24)21-14-5-3-2-4-13(14)18/h2-5,10-12H,6-9H2,1H3,(H2,19,20,21,22,24). The summed E-state index contributed by atoms with van der Waals surface area (Å²) in [6.45, 7) is 4.13. The third-order valence-electron chi connectivity index (χ3n) is 4.12. The fraction of sp³-hybridized carbons (Fsp3) is 0.353. The molecular weight excluding hydrogens is 309 g/mol. The van der Waals surface area contributed by atoms with Gasteiger partial charge < -0.3 is 10.2 Å². The van der Waals surface area contributed by atoms with Crippen LogP contribution in [0.15, 0.2) is 36.7 Å². The van der Waals surface area contributed by atoms with Crippen LogP contribution in [-0.4, -0.2) is 29.1 Å². The number of carbonyl (C=O) groups excluding carboxylic acids is 1. The molecule has 1 aliphatic heterocycles. The molecule has 0 aliphatic carbocycles. The van der Waals surface area contributed by atoms with Crippen LogP contribution in [0.1, 0.15) is 19.8 Å². The summed E-state index contributed by atoms with van der Waals surface area (Å²) in [6, 6.07) is 7.19. The minimum atomic E-state index is -0.544. The van der Waals surface area contributed by atoms with Crippen LogP contribution in [0.25, 0.3) is 0 Å². The molecule has 0 bridgehead atoms. The van der Waals surface area contributed by atoms with E-state index >= 15 is 0 Å². The number of hydrogen-bond donors (Lipinski definition) is 2. The first-order valence-electron chi connectivity index (χ1n) is 8.01. The van der Waals surface area contributed by atoms with E-state index < -0.39 is 11.8 Å². The Labute approximate surface area is 140 Å². The van der Waals surface area contributed by atoms with E-state index in [9.17, 15) is 9.18 Å². The molecule has 0 unspecified atom stereocenters. The van der Waals surface area contributed by atoms with E-state index in [1.165, 1.54) is 18.5 Å². The van der Waals surface area contributed by atoms with Gasteiger partial charge in [-0.25, -0.2) is 19.2 Å². The summed E-state index contributed by atoms with van der Waals surface area (Å²) in [7, 11) is 0. The van der Waals surface area contributed by atoms with Gasteiger partial charge in [-0.2, -0.15) is 0 Å². The number of urea groups is 1. The van der Waals surface area contributed by atoms with E-state index in [2.05, 4.69) is 32.4 Å². The van der Waals surface area contributed by atoms with Gasteiger partial charge in [-0.15, -0.1) is 0 Å². The maximum absolute atomic E-state index is 13.6. The number of halogens is 1. The molecular formula is C17H20FN5O. The van der Waals surface area contributed by atoms with Gasteiger partial charge in [0.05, 0.1) is 5.69 Å². The lowest BCUT2D eigenvalue weighted by atomic mass is 9.99. The van der Waals surface area contributed by atoms with Crippen LogP contribution in [0.2, 0.25) is 0 Å². The van der Waals surface area contributed by atoms with Crippen LogP contribution in [0.5, 0.6) is 0 Å². The molecule has 1 aliphatic rings. The van der Waals surface area contributed by atoms with E-state index in [1.54, 1.807) is 18.2 Å². The van der Waals surface area contributed by atoms with E-state index in [0.717, 1.165) is 37.7 Å². The highest BCUT2D eigenvalue weighted by Crippen LogP contribution is 2.22. The Bertz CT molecular complexity index is 716. The van der Waals surface area contributed by atoms with Crippen LogP contribution < -0.4 is 15.5 Å². The number of nitrogens with zero attached hydrogens (tertiary/aromatic N) is 3. The summed E-state index contributed by atoms with van der Waals surface area (Å²) < 4.78 is 13.6. The van der Waals surface area contributed by atoms with Crippen molar-refractivity contribution < 1.29 is 9.18 Å². The lowest BCUT2D eigenvalue weighted by Crippen LogP contribution is -2.33. The lowest BCUT2D eigenvalue weighted by molar-refractivity contribution is 0.262. The van der Waals surface area contributed by atoms with E-state index in [0.29, 0.717) is 5.82 Å². The second-order valence-corrected chi connectivity index (χ2v) is 5.99. The molecule has 1 aromatic carbocycles. The zero-order valence-electron chi connectivity index (χ0n) is 13.5. The van der Waals surface area contributed by atoms with Gasteiger partial charge in [0.1, 0.15) is 23.8 Å². The topological polar surface area (TPSA) is 70.2 Å². The van der Waals surface area contributed by atoms with Gasteiger partial charge in [-0.05, 0) is 30.9 Å². The fourth-order valence-electron chi connectivity index (χ4n) is 2.66. The number of aromatic nitrogens is 2. The third-order valence-corrected chi connectivity index (χ3v) is 4.12. The Hall–Kier alpha value is -2.70. The summed E-state index contributed by atoms with van der Waals surface area (Å²) in [5.41, 5.74) is 0.120. The molecule has 1 saturated heterocycles. The van der Waals surface area contributed by atoms with Gasteiger partial charge in [0, 0.05) is 19.2 Å². The Morgan fingerprint density at radius 1 is 1.21 bits per heavy atom. The van der Waals surface area contributed by atoms with E-state index in [4.69, 9.17) is 0 Å². The Morgan fingerprint density at radius 3 is 2.71 bits per heavy atom. The largest absolute Gasteiger partial charge is 0.356 e. The second-order valence-electron chi connectivity index (χ2n) is 5.99. The molecule has 24 heavy (non-hydrogen) atoms. The molecule has 2 N–H and O–H groups in total. The molecule has 6 nitrogen and oxygen atoms in total. The maximum atomic E-state index is 13.6. The molecule has 126 valence electrons. The number of piperidine rings is 1. The Balaban J connectivity index is 1.64. The van der Waals surface area contributed by atoms with Gasteiger partial charge in [0.25, 0.3) is 0 Å². The predicted octanol–water partition coefficient (Wildman–Crippen LogP) is 3.50. The maximum Gasteiger partial charge on any atom is 0.324 e. The van der Waals surface area contributed by atoms with Crippen molar-refractivity contribution >= 4 is 23.4 Å². The Kier molecular flexibility index (Phi) is 4.88. The summed E-state index contributed by atoms with van der Waals surface area (Å²) in [6.07, 6.45) is 3.67. The van der Waals surface area contributed by atoms with Gasteiger partial charge in [-0.3, -0.25) is 5.32 Å². The van der Waals surface area contributed by atoms with Crippen LogP contribution >= 0.6 is 0 Å². The first kappa shape index (κ1) is 16.2. The normalized spacial score (nSPS) is 15.2. The average Bonchev–Trinajstić information content (AvgIpc) is 2.58. The molecule has 0 atom stereocenters. The summed E-state index contributed by atoms with van der Waals surface area (Å²) in [4.78, 5) is 22.5. The van der Waals surface area contributed by atoms with E-state index in [1.807, 2.05) is 0 Å². The van der Waals surface area contributed by atoms with Crippen molar-refractivity contribution in [3.63, 3.8) is 0 Å². The van der Waals surface area contributed by atoms with Crippen molar-refractivity contribution in [2.24, 2.45) is 5.92 Å². The number of benzene rings is 1. The van der Waals surface area contributed by atoms with Crippen molar-refractivity contribution in [3.8, 4) is 0 Å². The van der Waals surface area contributed by atoms with Crippen molar-refractivity contribution in [2.75, 3.05) is 28.6 Å². The smallest absolute Gasteiger partial charge is 0.324 e. The van der Waals surface area contributed by atoms with Gasteiger partial charge in [0.15, 0.2) is 0 Å². The predicted molar refractivity (Wildman–Crippen MR) is 91.7 cm³/mol. The fourth-order valence-corrected chi connectivity index (χ4v) is 2.66. The first-order valence-corrected chi connectivity index (χ1v) is 8.01. The van der Waals surface area contributed by atoms with Crippen LogP contribution in [0, 0.1) is 11.7 Å². The molecule has 3 rings (SSSR count). The monoisotopic (exact) mass is 329 g/mol. The van der Waals surface area contributed by atoms with Crippen molar-refractivity contribution in [3.05, 3.63) is 42.5 Å². The quantitative estimate of drug-likeness (QED) is 0.904. The van der Waals surface area contributed by atoms with Crippen molar-refractivity contribution in [1.29, 1.82) is 0 Å². The number of rotatable bonds is 3. The van der Waals surface area contributed by atoms with E-state index in [-0.39, 0.29) is 5.69 Å². The van der Waals surface area contributed by atoms with Crippen LogP contribution in [0.4, 0.5) is 26.5 Å². The SMILES string of the molecule is CC1CCN(c2cc(NC(=O)Nc3ccccc3F)ncn2)CC1. The number of amides is 2. The average molecular weight is 329 g/mol. The highest BCUT2D eigenvalue weighted by Gasteiger charge is 2.17. The van der Waals surface area contributed by atoms with Gasteiger partial charge in [-0.1, -0.05) is 19.1 Å². The molecule has 1 aromatic heterocycles. The van der Waals surface area contributed by atoms with Crippen molar-refractivity contribution in [1.82, 2.24) is 9.97 Å². The molecule has 0 spiro atoms. The van der Waals surface area contributed by atoms with Gasteiger partial charge in [0.2, 0.25) is 0 Å². The van der Waals surface area contributed by atoms with Crippen LogP contribution in [-0.2, 0) is 0 Å². The molecule has 2 amide bonds. The lowest BCUT2D eigenvalue weighted by Gasteiger charge is -2.31. The molecule has 2 heterocycles. The molecule has 0 radical (unpaired) electrons.